The van der Waals surface area contributed by atoms with E-state index in [2.05, 4.69) is 13.8 Å². The first-order valence-corrected chi connectivity index (χ1v) is 8.78. The molecule has 1 aliphatic heterocycles. The maximum atomic E-state index is 12.5. The van der Waals surface area contributed by atoms with Crippen molar-refractivity contribution >= 4 is 10.0 Å². The predicted molar refractivity (Wildman–Crippen MR) is 75.9 cm³/mol. The zero-order chi connectivity index (χ0) is 13.8. The Morgan fingerprint density at radius 3 is 2.39 bits per heavy atom. The summed E-state index contributed by atoms with van der Waals surface area (Å²) >= 11 is 0. The molecule has 0 spiro atoms. The molecule has 1 rings (SSSR count). The third-order valence-corrected chi connectivity index (χ3v) is 6.12. The fourth-order valence-corrected chi connectivity index (χ4v) is 5.10. The number of sulfonamides is 1. The second-order valence-corrected chi connectivity index (χ2v) is 7.46. The highest BCUT2D eigenvalue weighted by Crippen LogP contribution is 2.24. The minimum atomic E-state index is -3.15. The van der Waals surface area contributed by atoms with E-state index in [0.717, 1.165) is 32.1 Å². The van der Waals surface area contributed by atoms with E-state index in [9.17, 15) is 8.42 Å². The minimum Gasteiger partial charge on any atom is -0.326 e. The molecule has 0 amide bonds. The predicted octanol–water partition coefficient (Wildman–Crippen LogP) is 1.95. The smallest absolute Gasteiger partial charge is 0.214 e. The fraction of sp³-hybridized carbons (Fsp3) is 1.00. The van der Waals surface area contributed by atoms with E-state index in [1.165, 1.54) is 0 Å². The molecule has 1 aliphatic rings. The van der Waals surface area contributed by atoms with Gasteiger partial charge in [-0.1, -0.05) is 33.1 Å². The Morgan fingerprint density at radius 1 is 1.28 bits per heavy atom. The number of hydrogen-bond donors (Lipinski definition) is 1. The van der Waals surface area contributed by atoms with Gasteiger partial charge in [-0.2, -0.15) is 4.31 Å². The Kier molecular flexibility index (Phi) is 6.08. The zero-order valence-electron chi connectivity index (χ0n) is 11.9. The average Bonchev–Trinajstić information content (AvgIpc) is 2.36. The van der Waals surface area contributed by atoms with Gasteiger partial charge in [0.15, 0.2) is 0 Å². The molecule has 108 valence electrons. The van der Waals surface area contributed by atoms with Crippen LogP contribution in [0.25, 0.3) is 0 Å². The van der Waals surface area contributed by atoms with E-state index in [-0.39, 0.29) is 23.8 Å². The van der Waals surface area contributed by atoms with E-state index in [0.29, 0.717) is 6.54 Å². The topological polar surface area (TPSA) is 63.4 Å². The lowest BCUT2D eigenvalue weighted by atomic mass is 10.00. The van der Waals surface area contributed by atoms with Crippen LogP contribution in [0.3, 0.4) is 0 Å². The van der Waals surface area contributed by atoms with Gasteiger partial charge in [0, 0.05) is 18.6 Å². The molecule has 4 nitrogen and oxygen atoms in total. The van der Waals surface area contributed by atoms with E-state index >= 15 is 0 Å². The van der Waals surface area contributed by atoms with Gasteiger partial charge >= 0.3 is 0 Å². The molecule has 0 aromatic heterocycles. The summed E-state index contributed by atoms with van der Waals surface area (Å²) in [5, 5.41) is 0. The normalized spacial score (nSPS) is 24.4. The summed E-state index contributed by atoms with van der Waals surface area (Å²) in [5.41, 5.74) is 5.94. The minimum absolute atomic E-state index is 0.00175. The lowest BCUT2D eigenvalue weighted by molar-refractivity contribution is 0.226. The molecule has 0 saturated carbocycles. The number of nitrogens with zero attached hydrogens (tertiary/aromatic N) is 1. The van der Waals surface area contributed by atoms with E-state index in [4.69, 9.17) is 5.73 Å². The molecule has 0 aromatic rings. The van der Waals surface area contributed by atoms with Crippen molar-refractivity contribution in [1.29, 1.82) is 0 Å². The highest BCUT2D eigenvalue weighted by Gasteiger charge is 2.34. The summed E-state index contributed by atoms with van der Waals surface area (Å²) in [7, 11) is -3.15. The van der Waals surface area contributed by atoms with Gasteiger partial charge in [0.2, 0.25) is 10.0 Å². The van der Waals surface area contributed by atoms with Gasteiger partial charge in [0.25, 0.3) is 0 Å². The summed E-state index contributed by atoms with van der Waals surface area (Å²) in [4.78, 5) is 0. The quantitative estimate of drug-likeness (QED) is 0.806. The summed E-state index contributed by atoms with van der Waals surface area (Å²) in [5.74, 6) is 0.550. The Balaban J connectivity index is 2.81. The van der Waals surface area contributed by atoms with Gasteiger partial charge < -0.3 is 5.73 Å². The molecule has 18 heavy (non-hydrogen) atoms. The fourth-order valence-electron chi connectivity index (χ4n) is 2.72. The highest BCUT2D eigenvalue weighted by molar-refractivity contribution is 7.89. The maximum absolute atomic E-state index is 12.5. The Bertz CT molecular complexity index is 337. The maximum Gasteiger partial charge on any atom is 0.214 e. The third kappa shape index (κ3) is 3.93. The SMILES string of the molecule is CCC(CC)CS(=O)(=O)N1CCCCC1C(C)N. The number of rotatable bonds is 6. The molecule has 2 unspecified atom stereocenters. The molecule has 5 heteroatoms. The van der Waals surface area contributed by atoms with Gasteiger partial charge in [0.1, 0.15) is 0 Å². The van der Waals surface area contributed by atoms with Crippen molar-refractivity contribution in [3.8, 4) is 0 Å². The van der Waals surface area contributed by atoms with Gasteiger partial charge in [-0.15, -0.1) is 0 Å². The van der Waals surface area contributed by atoms with E-state index in [1.54, 1.807) is 4.31 Å². The van der Waals surface area contributed by atoms with Crippen molar-refractivity contribution in [3.05, 3.63) is 0 Å². The number of hydrogen-bond acceptors (Lipinski definition) is 3. The first kappa shape index (κ1) is 15.9. The van der Waals surface area contributed by atoms with Crippen molar-refractivity contribution < 1.29 is 8.42 Å². The third-order valence-electron chi connectivity index (χ3n) is 4.06. The van der Waals surface area contributed by atoms with E-state index in [1.807, 2.05) is 6.92 Å². The molecule has 2 N–H and O–H groups in total. The molecule has 0 aliphatic carbocycles. The van der Waals surface area contributed by atoms with Crippen molar-refractivity contribution in [2.45, 2.75) is 65.0 Å². The molecule has 0 aromatic carbocycles. The van der Waals surface area contributed by atoms with Gasteiger partial charge in [-0.05, 0) is 25.7 Å². The first-order chi connectivity index (χ1) is 8.42. The van der Waals surface area contributed by atoms with Crippen molar-refractivity contribution in [2.24, 2.45) is 11.7 Å². The van der Waals surface area contributed by atoms with E-state index < -0.39 is 10.0 Å². The lowest BCUT2D eigenvalue weighted by Gasteiger charge is -2.37. The van der Waals surface area contributed by atoms with Crippen LogP contribution in [0, 0.1) is 5.92 Å². The Labute approximate surface area is 112 Å². The molecule has 1 fully saturated rings. The molecule has 1 saturated heterocycles. The van der Waals surface area contributed by atoms with Crippen LogP contribution in [0.4, 0.5) is 0 Å². The molecule has 1 heterocycles. The van der Waals surface area contributed by atoms with Crippen LogP contribution in [0.5, 0.6) is 0 Å². The zero-order valence-corrected chi connectivity index (χ0v) is 12.7. The summed E-state index contributed by atoms with van der Waals surface area (Å²) in [6.45, 7) is 6.68. The summed E-state index contributed by atoms with van der Waals surface area (Å²) < 4.78 is 26.7. The van der Waals surface area contributed by atoms with Crippen LogP contribution >= 0.6 is 0 Å². The van der Waals surface area contributed by atoms with Gasteiger partial charge in [-0.3, -0.25) is 0 Å². The highest BCUT2D eigenvalue weighted by atomic mass is 32.2. The second-order valence-electron chi connectivity index (χ2n) is 5.49. The van der Waals surface area contributed by atoms with Gasteiger partial charge in [-0.25, -0.2) is 8.42 Å². The van der Waals surface area contributed by atoms with Crippen molar-refractivity contribution in [2.75, 3.05) is 12.3 Å². The standard InChI is InChI=1S/C13H28N2O2S/c1-4-12(5-2)10-18(16,17)15-9-7-6-8-13(15)11(3)14/h11-13H,4-10,14H2,1-3H3. The first-order valence-electron chi connectivity index (χ1n) is 7.17. The van der Waals surface area contributed by atoms with Crippen LogP contribution in [0.2, 0.25) is 0 Å². The Hall–Kier alpha value is -0.130. The number of nitrogens with two attached hydrogens (primary N) is 1. The van der Waals surface area contributed by atoms with Crippen LogP contribution in [0.15, 0.2) is 0 Å². The average molecular weight is 276 g/mol. The second kappa shape index (κ2) is 6.87. The van der Waals surface area contributed by atoms with Gasteiger partial charge in [0.05, 0.1) is 5.75 Å². The van der Waals surface area contributed by atoms with Crippen molar-refractivity contribution in [3.63, 3.8) is 0 Å². The van der Waals surface area contributed by atoms with Crippen LogP contribution in [-0.2, 0) is 10.0 Å². The molecular formula is C13H28N2O2S. The molecular weight excluding hydrogens is 248 g/mol. The summed E-state index contributed by atoms with van der Waals surface area (Å²) in [6.07, 6.45) is 4.80. The molecule has 2 atom stereocenters. The van der Waals surface area contributed by atoms with Crippen LogP contribution in [0.1, 0.15) is 52.9 Å². The van der Waals surface area contributed by atoms with Crippen LogP contribution < -0.4 is 5.73 Å². The lowest BCUT2D eigenvalue weighted by Crippen LogP contribution is -2.52. The molecule has 0 radical (unpaired) electrons. The van der Waals surface area contributed by atoms with Crippen LogP contribution in [-0.4, -0.2) is 37.1 Å². The monoisotopic (exact) mass is 276 g/mol. The molecule has 0 bridgehead atoms. The van der Waals surface area contributed by atoms with Crippen molar-refractivity contribution in [1.82, 2.24) is 4.31 Å². The Morgan fingerprint density at radius 2 is 1.89 bits per heavy atom. The summed E-state index contributed by atoms with van der Waals surface area (Å²) in [6, 6.07) is -0.0834. The number of piperidine rings is 1. The largest absolute Gasteiger partial charge is 0.326 e.